The van der Waals surface area contributed by atoms with E-state index in [2.05, 4.69) is 17.4 Å². The summed E-state index contributed by atoms with van der Waals surface area (Å²) in [5, 5.41) is 0. The Morgan fingerprint density at radius 3 is 3.11 bits per heavy atom. The van der Waals surface area contributed by atoms with Gasteiger partial charge in [-0.15, -0.1) is 6.58 Å². The molecule has 0 spiro atoms. The first kappa shape index (κ1) is 11.0. The third kappa shape index (κ3) is 1.32. The van der Waals surface area contributed by atoms with Gasteiger partial charge in [0.1, 0.15) is 19.3 Å². The Morgan fingerprint density at radius 1 is 1.61 bits per heavy atom. The summed E-state index contributed by atoms with van der Waals surface area (Å²) in [5.74, 6) is -0.0721. The molecular weight excluding hydrogens is 226 g/mol. The van der Waals surface area contributed by atoms with Crippen molar-refractivity contribution < 1.29 is 9.37 Å². The number of ketones is 1. The molecule has 0 unspecified atom stereocenters. The van der Waals surface area contributed by atoms with Crippen molar-refractivity contribution in [2.45, 2.75) is 13.0 Å². The molecular formula is C14H16N3O+. The summed E-state index contributed by atoms with van der Waals surface area (Å²) < 4.78 is 4.11. The van der Waals surface area contributed by atoms with Crippen LogP contribution in [0, 0.1) is 0 Å². The van der Waals surface area contributed by atoms with Gasteiger partial charge in [-0.3, -0.25) is 4.79 Å². The van der Waals surface area contributed by atoms with Crippen molar-refractivity contribution >= 4 is 11.5 Å². The number of hydrogen-bond acceptors (Lipinski definition) is 2. The highest BCUT2D eigenvalue weighted by atomic mass is 16.1. The maximum atomic E-state index is 12.2. The van der Waals surface area contributed by atoms with Crippen LogP contribution in [0.2, 0.25) is 0 Å². The van der Waals surface area contributed by atoms with E-state index < -0.39 is 0 Å². The van der Waals surface area contributed by atoms with Gasteiger partial charge in [0.2, 0.25) is 11.5 Å². The van der Waals surface area contributed by atoms with E-state index in [0.717, 1.165) is 24.2 Å². The molecule has 0 aromatic carbocycles. The van der Waals surface area contributed by atoms with Crippen molar-refractivity contribution in [3.05, 3.63) is 47.4 Å². The lowest BCUT2D eigenvalue weighted by Crippen LogP contribution is -2.32. The molecule has 4 nitrogen and oxygen atoms in total. The summed E-state index contributed by atoms with van der Waals surface area (Å²) in [4.78, 5) is 12.2. The van der Waals surface area contributed by atoms with E-state index in [4.69, 9.17) is 5.73 Å². The Morgan fingerprint density at radius 2 is 2.39 bits per heavy atom. The fourth-order valence-corrected chi connectivity index (χ4v) is 2.75. The minimum Gasteiger partial charge on any atom is -0.395 e. The summed E-state index contributed by atoms with van der Waals surface area (Å²) in [6, 6.07) is 0. The number of Topliss-reactive ketones (excluding diaryl/α,β-unsaturated/α-hetero) is 1. The summed E-state index contributed by atoms with van der Waals surface area (Å²) in [5.41, 5.74) is 10.2. The van der Waals surface area contributed by atoms with Gasteiger partial charge in [-0.1, -0.05) is 6.08 Å². The average Bonchev–Trinajstić information content (AvgIpc) is 2.70. The van der Waals surface area contributed by atoms with Gasteiger partial charge in [0.05, 0.1) is 11.3 Å². The van der Waals surface area contributed by atoms with Gasteiger partial charge in [-0.05, 0) is 5.56 Å². The second kappa shape index (κ2) is 3.70. The molecule has 0 fully saturated rings. The molecule has 3 rings (SSSR count). The second-order valence-electron chi connectivity index (χ2n) is 4.80. The van der Waals surface area contributed by atoms with Crippen molar-refractivity contribution in [3.63, 3.8) is 0 Å². The zero-order valence-corrected chi connectivity index (χ0v) is 10.4. The predicted octanol–water partition coefficient (Wildman–Crippen LogP) is 0.701. The highest BCUT2D eigenvalue weighted by molar-refractivity contribution is 6.24. The van der Waals surface area contributed by atoms with Crippen molar-refractivity contribution in [2.24, 2.45) is 5.73 Å². The van der Waals surface area contributed by atoms with Gasteiger partial charge in [0, 0.05) is 25.2 Å². The topological polar surface area (TPSA) is 51.0 Å². The van der Waals surface area contributed by atoms with Crippen molar-refractivity contribution in [1.82, 2.24) is 4.57 Å². The minimum atomic E-state index is -0.0721. The van der Waals surface area contributed by atoms with Crippen LogP contribution >= 0.6 is 0 Å². The number of hydrogen-bond donors (Lipinski definition) is 1. The highest BCUT2D eigenvalue weighted by Gasteiger charge is 2.35. The monoisotopic (exact) mass is 242 g/mol. The molecule has 1 aliphatic carbocycles. The lowest BCUT2D eigenvalue weighted by Gasteiger charge is -2.17. The van der Waals surface area contributed by atoms with E-state index in [1.54, 1.807) is 12.2 Å². The van der Waals surface area contributed by atoms with Gasteiger partial charge in [0.25, 0.3) is 0 Å². The SMILES string of the molecule is C=CCn1cc2c3c1C(=O)C(N)=CC3=[N+](C)CC2. The molecule has 4 heteroatoms. The molecule has 1 aromatic rings. The Hall–Kier alpha value is -2.10. The third-order valence-corrected chi connectivity index (χ3v) is 3.64. The molecule has 0 radical (unpaired) electrons. The number of nitrogens with two attached hydrogens (primary N) is 1. The third-order valence-electron chi connectivity index (χ3n) is 3.64. The average molecular weight is 242 g/mol. The van der Waals surface area contributed by atoms with Gasteiger partial charge in [-0.25, -0.2) is 4.58 Å². The number of allylic oxidation sites excluding steroid dienone is 3. The maximum Gasteiger partial charge on any atom is 0.226 e. The van der Waals surface area contributed by atoms with Crippen LogP contribution in [0.1, 0.15) is 21.6 Å². The summed E-state index contributed by atoms with van der Waals surface area (Å²) in [7, 11) is 2.03. The number of carbonyl (C=O) groups is 1. The predicted molar refractivity (Wildman–Crippen MR) is 70.1 cm³/mol. The molecule has 0 amide bonds. The number of likely N-dealkylation sites (N-methyl/N-ethyl adjacent to an activating group) is 1. The quantitative estimate of drug-likeness (QED) is 0.613. The molecule has 2 heterocycles. The van der Waals surface area contributed by atoms with Crippen molar-refractivity contribution in [3.8, 4) is 0 Å². The number of rotatable bonds is 2. The lowest BCUT2D eigenvalue weighted by atomic mass is 9.92. The van der Waals surface area contributed by atoms with Crippen LogP contribution in [0.4, 0.5) is 0 Å². The normalized spacial score (nSPS) is 17.6. The Kier molecular flexibility index (Phi) is 2.26. The van der Waals surface area contributed by atoms with E-state index >= 15 is 0 Å². The molecule has 1 aromatic heterocycles. The zero-order valence-electron chi connectivity index (χ0n) is 10.4. The first-order valence-electron chi connectivity index (χ1n) is 6.06. The van der Waals surface area contributed by atoms with E-state index in [0.29, 0.717) is 17.9 Å². The summed E-state index contributed by atoms with van der Waals surface area (Å²) in [6.07, 6.45) is 6.62. The first-order valence-corrected chi connectivity index (χ1v) is 6.06. The van der Waals surface area contributed by atoms with Crippen molar-refractivity contribution in [1.29, 1.82) is 0 Å². The van der Waals surface area contributed by atoms with Gasteiger partial charge >= 0.3 is 0 Å². The van der Waals surface area contributed by atoms with E-state index in [-0.39, 0.29) is 5.78 Å². The number of carbonyl (C=O) groups excluding carboxylic acids is 1. The van der Waals surface area contributed by atoms with Gasteiger partial charge in [0.15, 0.2) is 0 Å². The van der Waals surface area contributed by atoms with Crippen LogP contribution < -0.4 is 5.73 Å². The maximum absolute atomic E-state index is 12.2. The molecule has 1 aliphatic heterocycles. The largest absolute Gasteiger partial charge is 0.395 e. The lowest BCUT2D eigenvalue weighted by molar-refractivity contribution is -0.497. The smallest absolute Gasteiger partial charge is 0.226 e. The van der Waals surface area contributed by atoms with E-state index in [1.807, 2.05) is 11.6 Å². The van der Waals surface area contributed by atoms with Crippen LogP contribution in [0.3, 0.4) is 0 Å². The molecule has 0 bridgehead atoms. The Labute approximate surface area is 106 Å². The Balaban J connectivity index is 2.32. The number of nitrogens with zero attached hydrogens (tertiary/aromatic N) is 2. The molecule has 0 atom stereocenters. The molecule has 0 saturated carbocycles. The van der Waals surface area contributed by atoms with Crippen molar-refractivity contribution in [2.75, 3.05) is 13.6 Å². The van der Waals surface area contributed by atoms with Crippen LogP contribution in [0.25, 0.3) is 0 Å². The van der Waals surface area contributed by atoms with Crippen LogP contribution in [-0.4, -0.2) is 34.2 Å². The Bertz CT molecular complexity index is 632. The molecule has 2 N–H and O–H groups in total. The van der Waals surface area contributed by atoms with E-state index in [1.165, 1.54) is 5.56 Å². The molecule has 2 aliphatic rings. The fraction of sp³-hybridized carbons (Fsp3) is 0.286. The second-order valence-corrected chi connectivity index (χ2v) is 4.80. The molecule has 92 valence electrons. The van der Waals surface area contributed by atoms with Gasteiger partial charge in [-0.2, -0.15) is 0 Å². The van der Waals surface area contributed by atoms with E-state index in [9.17, 15) is 4.79 Å². The first-order chi connectivity index (χ1) is 8.63. The summed E-state index contributed by atoms with van der Waals surface area (Å²) >= 11 is 0. The highest BCUT2D eigenvalue weighted by Crippen LogP contribution is 2.28. The van der Waals surface area contributed by atoms with Crippen LogP contribution in [0.5, 0.6) is 0 Å². The van der Waals surface area contributed by atoms with Gasteiger partial charge < -0.3 is 10.3 Å². The summed E-state index contributed by atoms with van der Waals surface area (Å²) in [6.45, 7) is 5.33. The molecule has 0 saturated heterocycles. The molecule has 18 heavy (non-hydrogen) atoms. The van der Waals surface area contributed by atoms with Crippen LogP contribution in [-0.2, 0) is 13.0 Å². The van der Waals surface area contributed by atoms with Crippen LogP contribution in [0.15, 0.2) is 30.6 Å². The minimum absolute atomic E-state index is 0.0721. The standard InChI is InChI=1S/C14H15N3O/c1-3-5-17-8-9-4-6-16(2)11-7-10(15)14(18)13(17)12(9)11/h3,7-8,15H,1,4-6H2,2H3/p+1. The fourth-order valence-electron chi connectivity index (χ4n) is 2.75. The zero-order chi connectivity index (χ0) is 12.9. The number of aromatic nitrogens is 1.